The molecule has 3 aromatic rings. The van der Waals surface area contributed by atoms with Gasteiger partial charge in [0.2, 0.25) is 5.91 Å². The van der Waals surface area contributed by atoms with Crippen molar-refractivity contribution in [2.45, 2.75) is 12.8 Å². The highest BCUT2D eigenvalue weighted by Gasteiger charge is 2.19. The highest BCUT2D eigenvalue weighted by atomic mass is 35.5. The quantitative estimate of drug-likeness (QED) is 0.731. The molecule has 1 aliphatic heterocycles. The van der Waals surface area contributed by atoms with Crippen LogP contribution in [0, 0.1) is 0 Å². The van der Waals surface area contributed by atoms with E-state index < -0.39 is 0 Å². The van der Waals surface area contributed by atoms with Gasteiger partial charge in [-0.25, -0.2) is 0 Å². The van der Waals surface area contributed by atoms with Crippen molar-refractivity contribution in [1.82, 2.24) is 9.88 Å². The number of nitrogens with one attached hydrogen (secondary N) is 1. The van der Waals surface area contributed by atoms with E-state index in [1.165, 1.54) is 11.1 Å². The summed E-state index contributed by atoms with van der Waals surface area (Å²) in [6, 6.07) is 15.8. The van der Waals surface area contributed by atoms with E-state index in [0.29, 0.717) is 13.0 Å². The van der Waals surface area contributed by atoms with Crippen molar-refractivity contribution in [2.24, 2.45) is 0 Å². The van der Waals surface area contributed by atoms with Crippen molar-refractivity contribution in [2.75, 3.05) is 13.1 Å². The number of fused-ring (bicyclic) bond motifs is 1. The maximum absolute atomic E-state index is 12.5. The van der Waals surface area contributed by atoms with E-state index in [9.17, 15) is 4.79 Å². The summed E-state index contributed by atoms with van der Waals surface area (Å²) in [6.45, 7) is 1.42. The first-order valence-electron chi connectivity index (χ1n) is 8.48. The summed E-state index contributed by atoms with van der Waals surface area (Å²) in [5.74, 6) is 0.184. The van der Waals surface area contributed by atoms with Crippen LogP contribution >= 0.6 is 11.6 Å². The first-order chi connectivity index (χ1) is 12.2. The molecule has 0 fully saturated rings. The Morgan fingerprint density at radius 2 is 2.00 bits per heavy atom. The number of aromatic amines is 1. The fourth-order valence-electron chi connectivity index (χ4n) is 3.38. The van der Waals surface area contributed by atoms with Crippen LogP contribution in [0.3, 0.4) is 0 Å². The number of rotatable bonds is 3. The van der Waals surface area contributed by atoms with Crippen molar-refractivity contribution in [3.63, 3.8) is 0 Å². The zero-order valence-corrected chi connectivity index (χ0v) is 14.6. The normalized spacial score (nSPS) is 14.6. The van der Waals surface area contributed by atoms with Crippen LogP contribution in [-0.2, 0) is 11.2 Å². The van der Waals surface area contributed by atoms with Gasteiger partial charge >= 0.3 is 0 Å². The van der Waals surface area contributed by atoms with Crippen molar-refractivity contribution in [1.29, 1.82) is 0 Å². The third-order valence-electron chi connectivity index (χ3n) is 4.75. The zero-order chi connectivity index (χ0) is 17.2. The van der Waals surface area contributed by atoms with Gasteiger partial charge in [0.1, 0.15) is 0 Å². The van der Waals surface area contributed by atoms with E-state index in [-0.39, 0.29) is 5.91 Å². The Bertz CT molecular complexity index is 943. The largest absolute Gasteiger partial charge is 0.361 e. The smallest absolute Gasteiger partial charge is 0.227 e. The Labute approximate surface area is 151 Å². The summed E-state index contributed by atoms with van der Waals surface area (Å²) in [4.78, 5) is 17.7. The predicted octanol–water partition coefficient (Wildman–Crippen LogP) is 4.68. The maximum atomic E-state index is 12.5. The molecule has 2 aromatic carbocycles. The molecule has 3 nitrogen and oxygen atoms in total. The summed E-state index contributed by atoms with van der Waals surface area (Å²) >= 11 is 6.14. The molecule has 4 rings (SSSR count). The number of benzene rings is 2. The zero-order valence-electron chi connectivity index (χ0n) is 13.8. The lowest BCUT2D eigenvalue weighted by atomic mass is 9.98. The molecular weight excluding hydrogens is 332 g/mol. The van der Waals surface area contributed by atoms with Gasteiger partial charge in [-0.05, 0) is 35.8 Å². The second-order valence-corrected chi connectivity index (χ2v) is 6.81. The molecule has 0 unspecified atom stereocenters. The number of amides is 1. The molecule has 2 heterocycles. The number of H-pyrrole nitrogens is 1. The molecule has 1 N–H and O–H groups in total. The molecular formula is C21H19ClN2O. The minimum atomic E-state index is 0.184. The standard InChI is InChI=1S/C21H19ClN2O/c22-17-6-7-20-18(13-17)19(14-23-20)16-8-10-24(11-9-16)21(25)12-15-4-2-1-3-5-15/h1-8,13-14,23H,9-12H2. The molecule has 25 heavy (non-hydrogen) atoms. The Balaban J connectivity index is 1.50. The van der Waals surface area contributed by atoms with Gasteiger partial charge in [0.05, 0.1) is 6.42 Å². The first kappa shape index (κ1) is 16.0. The highest BCUT2D eigenvalue weighted by molar-refractivity contribution is 6.31. The molecule has 0 radical (unpaired) electrons. The Hall–Kier alpha value is -2.52. The molecule has 0 saturated carbocycles. The van der Waals surface area contributed by atoms with E-state index in [1.807, 2.05) is 59.6 Å². The van der Waals surface area contributed by atoms with Gasteiger partial charge in [0, 0.05) is 40.8 Å². The number of carbonyl (C=O) groups excluding carboxylic acids is 1. The van der Waals surface area contributed by atoms with Crippen molar-refractivity contribution < 1.29 is 4.79 Å². The van der Waals surface area contributed by atoms with Crippen molar-refractivity contribution >= 4 is 34.0 Å². The van der Waals surface area contributed by atoms with E-state index in [2.05, 4.69) is 11.1 Å². The van der Waals surface area contributed by atoms with Gasteiger partial charge in [0.25, 0.3) is 0 Å². The van der Waals surface area contributed by atoms with Crippen LogP contribution in [0.15, 0.2) is 60.8 Å². The molecule has 0 aliphatic carbocycles. The highest BCUT2D eigenvalue weighted by Crippen LogP contribution is 2.31. The van der Waals surface area contributed by atoms with Crippen LogP contribution in [-0.4, -0.2) is 28.9 Å². The summed E-state index contributed by atoms with van der Waals surface area (Å²) in [5, 5.41) is 1.88. The third kappa shape index (κ3) is 3.33. The van der Waals surface area contributed by atoms with Gasteiger partial charge in [-0.3, -0.25) is 4.79 Å². The second-order valence-electron chi connectivity index (χ2n) is 6.37. The lowest BCUT2D eigenvalue weighted by Gasteiger charge is -2.26. The van der Waals surface area contributed by atoms with Gasteiger partial charge in [-0.2, -0.15) is 0 Å². The van der Waals surface area contributed by atoms with E-state index in [0.717, 1.165) is 34.5 Å². The van der Waals surface area contributed by atoms with Gasteiger partial charge in [-0.15, -0.1) is 0 Å². The average molecular weight is 351 g/mol. The van der Waals surface area contributed by atoms with Crippen LogP contribution in [0.25, 0.3) is 16.5 Å². The van der Waals surface area contributed by atoms with Crippen LogP contribution in [0.4, 0.5) is 0 Å². The Morgan fingerprint density at radius 1 is 1.16 bits per heavy atom. The molecule has 0 saturated heterocycles. The SMILES string of the molecule is O=C(Cc1ccccc1)N1CC=C(c2c[nH]c3ccc(Cl)cc23)CC1. The van der Waals surface area contributed by atoms with Gasteiger partial charge in [-0.1, -0.05) is 48.0 Å². The van der Waals surface area contributed by atoms with Crippen molar-refractivity contribution in [3.8, 4) is 0 Å². The van der Waals surface area contributed by atoms with Gasteiger partial charge in [0.15, 0.2) is 0 Å². The summed E-state index contributed by atoms with van der Waals surface area (Å²) in [7, 11) is 0. The van der Waals surface area contributed by atoms with Crippen LogP contribution in [0.1, 0.15) is 17.5 Å². The van der Waals surface area contributed by atoms with E-state index in [1.54, 1.807) is 0 Å². The Kier molecular flexibility index (Phi) is 4.33. The average Bonchev–Trinajstić information content (AvgIpc) is 3.05. The minimum absolute atomic E-state index is 0.184. The topological polar surface area (TPSA) is 36.1 Å². The third-order valence-corrected chi connectivity index (χ3v) is 4.98. The van der Waals surface area contributed by atoms with Crippen LogP contribution in [0.2, 0.25) is 5.02 Å². The fraction of sp³-hybridized carbons (Fsp3) is 0.190. The first-order valence-corrected chi connectivity index (χ1v) is 8.86. The maximum Gasteiger partial charge on any atom is 0.227 e. The number of carbonyl (C=O) groups is 1. The molecule has 1 aliphatic rings. The van der Waals surface area contributed by atoms with Crippen LogP contribution < -0.4 is 0 Å². The number of nitrogens with zero attached hydrogens (tertiary/aromatic N) is 1. The van der Waals surface area contributed by atoms with Crippen LogP contribution in [0.5, 0.6) is 0 Å². The molecule has 0 bridgehead atoms. The molecule has 0 atom stereocenters. The molecule has 1 amide bonds. The summed E-state index contributed by atoms with van der Waals surface area (Å²) in [6.07, 6.45) is 5.52. The number of hydrogen-bond acceptors (Lipinski definition) is 1. The van der Waals surface area contributed by atoms with Crippen molar-refractivity contribution in [3.05, 3.63) is 77.0 Å². The molecule has 4 heteroatoms. The molecule has 126 valence electrons. The lowest BCUT2D eigenvalue weighted by Crippen LogP contribution is -2.35. The molecule has 0 spiro atoms. The second kappa shape index (κ2) is 6.77. The van der Waals surface area contributed by atoms with Gasteiger partial charge < -0.3 is 9.88 Å². The fourth-order valence-corrected chi connectivity index (χ4v) is 3.55. The number of hydrogen-bond donors (Lipinski definition) is 1. The number of aromatic nitrogens is 1. The van der Waals surface area contributed by atoms with E-state index in [4.69, 9.17) is 11.6 Å². The minimum Gasteiger partial charge on any atom is -0.361 e. The summed E-state index contributed by atoms with van der Waals surface area (Å²) < 4.78 is 0. The van der Waals surface area contributed by atoms with E-state index >= 15 is 0 Å². The predicted molar refractivity (Wildman–Crippen MR) is 103 cm³/mol. The monoisotopic (exact) mass is 350 g/mol. The molecule has 1 aromatic heterocycles. The lowest BCUT2D eigenvalue weighted by molar-refractivity contribution is -0.130. The Morgan fingerprint density at radius 3 is 2.76 bits per heavy atom. The number of halogens is 1. The summed E-state index contributed by atoms with van der Waals surface area (Å²) in [5.41, 5.74) is 4.61.